The smallest absolute Gasteiger partial charge is 0.305 e. The molecule has 0 aliphatic heterocycles. The molecule has 0 aliphatic rings. The quantitative estimate of drug-likeness (QED) is 0.454. The lowest BCUT2D eigenvalue weighted by molar-refractivity contribution is -0.139. The molecule has 0 fully saturated rings. The number of hydrogen-bond acceptors (Lipinski definition) is 9. The van der Waals surface area contributed by atoms with Gasteiger partial charge in [-0.25, -0.2) is 9.61 Å². The lowest BCUT2D eigenvalue weighted by Crippen LogP contribution is -2.43. The van der Waals surface area contributed by atoms with Crippen molar-refractivity contribution in [3.63, 3.8) is 0 Å². The summed E-state index contributed by atoms with van der Waals surface area (Å²) in [6.07, 6.45) is 2.73. The largest absolute Gasteiger partial charge is 0.481 e. The molecule has 28 heavy (non-hydrogen) atoms. The highest BCUT2D eigenvalue weighted by molar-refractivity contribution is 5.85. The van der Waals surface area contributed by atoms with Crippen LogP contribution in [0.1, 0.15) is 37.2 Å². The van der Waals surface area contributed by atoms with Crippen LogP contribution in [0.3, 0.4) is 0 Å². The molecule has 0 spiro atoms. The van der Waals surface area contributed by atoms with Gasteiger partial charge in [0, 0.05) is 12.4 Å². The SMILES string of the molecule is CC[C@H](C(=O)N[C@H](C=O)CC(=O)O)n1ccnc(NCc2nonc2C)c1=O. The zero-order valence-corrected chi connectivity index (χ0v) is 15.3. The Kier molecular flexibility index (Phi) is 6.96. The number of rotatable bonds is 10. The number of hydrogen-bond donors (Lipinski definition) is 3. The Bertz CT molecular complexity index is 907. The highest BCUT2D eigenvalue weighted by Crippen LogP contribution is 2.11. The maximum absolute atomic E-state index is 12.7. The van der Waals surface area contributed by atoms with Crippen molar-refractivity contribution in [2.75, 3.05) is 5.32 Å². The van der Waals surface area contributed by atoms with Crippen molar-refractivity contribution in [3.8, 4) is 0 Å². The van der Waals surface area contributed by atoms with Gasteiger partial charge in [-0.05, 0) is 13.3 Å². The minimum atomic E-state index is -1.23. The number of carbonyl (C=O) groups excluding carboxylic acids is 2. The molecule has 2 rings (SSSR count). The Morgan fingerprint density at radius 3 is 2.71 bits per heavy atom. The molecule has 3 N–H and O–H groups in total. The first-order chi connectivity index (χ1) is 13.4. The number of aryl methyl sites for hydroxylation is 1. The summed E-state index contributed by atoms with van der Waals surface area (Å²) < 4.78 is 5.75. The van der Waals surface area contributed by atoms with Crippen molar-refractivity contribution in [2.24, 2.45) is 0 Å². The number of anilines is 1. The molecule has 1 amide bonds. The summed E-state index contributed by atoms with van der Waals surface area (Å²) in [5.74, 6) is -1.87. The highest BCUT2D eigenvalue weighted by atomic mass is 16.6. The van der Waals surface area contributed by atoms with Gasteiger partial charge in [0.15, 0.2) is 5.82 Å². The molecular weight excluding hydrogens is 372 g/mol. The highest BCUT2D eigenvalue weighted by Gasteiger charge is 2.24. The fraction of sp³-hybridized carbons (Fsp3) is 0.438. The van der Waals surface area contributed by atoms with Crippen LogP contribution in [0.15, 0.2) is 21.8 Å². The number of aldehydes is 1. The molecule has 150 valence electrons. The Labute approximate surface area is 158 Å². The van der Waals surface area contributed by atoms with Crippen LogP contribution < -0.4 is 16.2 Å². The van der Waals surface area contributed by atoms with E-state index in [4.69, 9.17) is 5.11 Å². The predicted molar refractivity (Wildman–Crippen MR) is 94.4 cm³/mol. The van der Waals surface area contributed by atoms with Gasteiger partial charge in [0.25, 0.3) is 5.56 Å². The third kappa shape index (κ3) is 4.99. The van der Waals surface area contributed by atoms with Crippen molar-refractivity contribution in [2.45, 2.75) is 45.3 Å². The topological polar surface area (TPSA) is 169 Å². The van der Waals surface area contributed by atoms with Crippen LogP contribution in [0, 0.1) is 6.92 Å². The van der Waals surface area contributed by atoms with Crippen molar-refractivity contribution >= 4 is 24.0 Å². The number of aliphatic carboxylic acids is 1. The molecule has 0 saturated carbocycles. The predicted octanol–water partition coefficient (Wildman–Crippen LogP) is -0.344. The van der Waals surface area contributed by atoms with Gasteiger partial charge < -0.3 is 20.5 Å². The molecule has 2 aromatic rings. The number of carbonyl (C=O) groups is 3. The second kappa shape index (κ2) is 9.39. The number of nitrogens with zero attached hydrogens (tertiary/aromatic N) is 4. The van der Waals surface area contributed by atoms with Gasteiger partial charge >= 0.3 is 5.97 Å². The molecule has 12 nitrogen and oxygen atoms in total. The average molecular weight is 392 g/mol. The fourth-order valence-corrected chi connectivity index (χ4v) is 2.48. The van der Waals surface area contributed by atoms with Gasteiger partial charge in [-0.3, -0.25) is 19.0 Å². The van der Waals surface area contributed by atoms with E-state index in [1.165, 1.54) is 17.0 Å². The number of carboxylic acids is 1. The summed E-state index contributed by atoms with van der Waals surface area (Å²) in [6.45, 7) is 3.53. The third-order valence-electron chi connectivity index (χ3n) is 3.95. The van der Waals surface area contributed by atoms with Gasteiger partial charge in [-0.15, -0.1) is 0 Å². The molecule has 0 bridgehead atoms. The molecule has 0 saturated heterocycles. The monoisotopic (exact) mass is 392 g/mol. The Morgan fingerprint density at radius 1 is 1.39 bits per heavy atom. The molecule has 12 heteroatoms. The molecule has 0 unspecified atom stereocenters. The minimum Gasteiger partial charge on any atom is -0.481 e. The molecular formula is C16H20N6O6. The Morgan fingerprint density at radius 2 is 2.14 bits per heavy atom. The normalized spacial score (nSPS) is 12.8. The molecule has 2 atom stereocenters. The fourth-order valence-electron chi connectivity index (χ4n) is 2.48. The van der Waals surface area contributed by atoms with Crippen molar-refractivity contribution in [3.05, 3.63) is 34.1 Å². The summed E-state index contributed by atoms with van der Waals surface area (Å²) >= 11 is 0. The zero-order valence-electron chi connectivity index (χ0n) is 15.3. The van der Waals surface area contributed by atoms with E-state index < -0.39 is 35.9 Å². The lowest BCUT2D eigenvalue weighted by atomic mass is 10.1. The van der Waals surface area contributed by atoms with E-state index in [-0.39, 0.29) is 18.8 Å². The van der Waals surface area contributed by atoms with E-state index in [0.717, 1.165) is 0 Å². The van der Waals surface area contributed by atoms with Crippen LogP contribution in [0.5, 0.6) is 0 Å². The van der Waals surface area contributed by atoms with E-state index in [1.54, 1.807) is 13.8 Å². The first kappa shape index (κ1) is 20.7. The first-order valence-electron chi connectivity index (χ1n) is 8.43. The second-order valence-electron chi connectivity index (χ2n) is 5.91. The van der Waals surface area contributed by atoms with E-state index >= 15 is 0 Å². The van der Waals surface area contributed by atoms with E-state index in [1.807, 2.05) is 0 Å². The van der Waals surface area contributed by atoms with E-state index in [9.17, 15) is 19.2 Å². The van der Waals surface area contributed by atoms with Crippen molar-refractivity contribution in [1.29, 1.82) is 0 Å². The van der Waals surface area contributed by atoms with Crippen molar-refractivity contribution < 1.29 is 24.1 Å². The van der Waals surface area contributed by atoms with Gasteiger partial charge in [0.05, 0.1) is 19.0 Å². The number of aromatic nitrogens is 4. The first-order valence-corrected chi connectivity index (χ1v) is 8.43. The van der Waals surface area contributed by atoms with Crippen LogP contribution in [-0.4, -0.2) is 49.2 Å². The third-order valence-corrected chi connectivity index (χ3v) is 3.95. The molecule has 2 heterocycles. The Balaban J connectivity index is 2.18. The molecule has 2 aromatic heterocycles. The van der Waals surface area contributed by atoms with Crippen LogP contribution in [0.25, 0.3) is 0 Å². The van der Waals surface area contributed by atoms with Gasteiger partial charge in [-0.1, -0.05) is 17.2 Å². The van der Waals surface area contributed by atoms with Crippen LogP contribution in [0.4, 0.5) is 5.82 Å². The maximum atomic E-state index is 12.7. The zero-order chi connectivity index (χ0) is 20.7. The number of nitrogens with one attached hydrogen (secondary N) is 2. The summed E-state index contributed by atoms with van der Waals surface area (Å²) in [6, 6.07) is -2.13. The molecule has 0 aromatic carbocycles. The summed E-state index contributed by atoms with van der Waals surface area (Å²) in [5, 5.41) is 21.3. The van der Waals surface area contributed by atoms with E-state index in [2.05, 4.69) is 30.6 Å². The van der Waals surface area contributed by atoms with Gasteiger partial charge in [0.1, 0.15) is 23.7 Å². The van der Waals surface area contributed by atoms with Gasteiger partial charge in [-0.2, -0.15) is 0 Å². The number of carboxylic acid groups (broad SMARTS) is 1. The van der Waals surface area contributed by atoms with Crippen LogP contribution in [-0.2, 0) is 20.9 Å². The van der Waals surface area contributed by atoms with Crippen LogP contribution in [0.2, 0.25) is 0 Å². The second-order valence-corrected chi connectivity index (χ2v) is 5.91. The van der Waals surface area contributed by atoms with E-state index in [0.29, 0.717) is 17.7 Å². The average Bonchev–Trinajstić information content (AvgIpc) is 3.06. The minimum absolute atomic E-state index is 0.00590. The summed E-state index contributed by atoms with van der Waals surface area (Å²) in [4.78, 5) is 50.9. The standard InChI is InChI=1S/C16H20N6O6/c1-3-12(15(26)19-10(8-23)6-13(24)25)22-5-4-17-14(16(22)27)18-7-11-9(2)20-28-21-11/h4-5,8,10,12H,3,6-7H2,1-2H3,(H,17,18)(H,19,26)(H,24,25)/t10-,12+/m0/s1. The van der Waals surface area contributed by atoms with Gasteiger partial charge in [0.2, 0.25) is 5.91 Å². The summed E-state index contributed by atoms with van der Waals surface area (Å²) in [7, 11) is 0. The van der Waals surface area contributed by atoms with Crippen LogP contribution >= 0.6 is 0 Å². The maximum Gasteiger partial charge on any atom is 0.305 e. The summed E-state index contributed by atoms with van der Waals surface area (Å²) in [5.41, 5.74) is 0.510. The lowest BCUT2D eigenvalue weighted by Gasteiger charge is -2.20. The number of amides is 1. The molecule has 0 radical (unpaired) electrons. The Hall–Kier alpha value is -3.57. The molecule has 0 aliphatic carbocycles. The van der Waals surface area contributed by atoms with Crippen molar-refractivity contribution in [1.82, 2.24) is 25.2 Å².